The normalized spacial score (nSPS) is 11.2. The van der Waals surface area contributed by atoms with E-state index in [1.165, 1.54) is 5.56 Å². The predicted octanol–water partition coefficient (Wildman–Crippen LogP) is 4.06. The van der Waals surface area contributed by atoms with Gasteiger partial charge in [0.15, 0.2) is 0 Å². The van der Waals surface area contributed by atoms with E-state index in [1.807, 2.05) is 18.2 Å². The number of nitrogens with one attached hydrogen (secondary N) is 1. The van der Waals surface area contributed by atoms with E-state index < -0.39 is 0 Å². The molecule has 1 N–H and O–H groups in total. The Kier molecular flexibility index (Phi) is 6.30. The number of furan rings is 1. The van der Waals surface area contributed by atoms with Crippen molar-refractivity contribution in [1.29, 1.82) is 0 Å². The molecular formula is C17H23ClN2O. The third-order valence-corrected chi connectivity index (χ3v) is 3.49. The van der Waals surface area contributed by atoms with Crippen molar-refractivity contribution < 1.29 is 4.42 Å². The lowest BCUT2D eigenvalue weighted by Crippen LogP contribution is -2.16. The molecule has 114 valence electrons. The molecule has 0 amide bonds. The second-order valence-corrected chi connectivity index (χ2v) is 5.78. The molecule has 0 aliphatic rings. The molecule has 21 heavy (non-hydrogen) atoms. The number of rotatable bonds is 8. The van der Waals surface area contributed by atoms with E-state index >= 15 is 0 Å². The van der Waals surface area contributed by atoms with Crippen LogP contribution in [0.3, 0.4) is 0 Å². The van der Waals surface area contributed by atoms with Crippen LogP contribution in [-0.4, -0.2) is 18.5 Å². The Labute approximate surface area is 131 Å². The molecule has 4 heteroatoms. The predicted molar refractivity (Wildman–Crippen MR) is 87.3 cm³/mol. The van der Waals surface area contributed by atoms with E-state index in [9.17, 15) is 0 Å². The first-order valence-electron chi connectivity index (χ1n) is 7.38. The molecule has 0 atom stereocenters. The van der Waals surface area contributed by atoms with Crippen molar-refractivity contribution in [3.63, 3.8) is 0 Å². The Morgan fingerprint density at radius 1 is 1.05 bits per heavy atom. The average Bonchev–Trinajstić information content (AvgIpc) is 2.89. The van der Waals surface area contributed by atoms with Gasteiger partial charge in [0.25, 0.3) is 0 Å². The van der Waals surface area contributed by atoms with Gasteiger partial charge in [0.05, 0.1) is 13.1 Å². The summed E-state index contributed by atoms with van der Waals surface area (Å²) >= 11 is 5.90. The lowest BCUT2D eigenvalue weighted by molar-refractivity contribution is 0.282. The van der Waals surface area contributed by atoms with E-state index in [2.05, 4.69) is 42.4 Å². The van der Waals surface area contributed by atoms with E-state index in [0.29, 0.717) is 0 Å². The van der Waals surface area contributed by atoms with E-state index in [0.717, 1.165) is 49.1 Å². The van der Waals surface area contributed by atoms with Gasteiger partial charge in [-0.1, -0.05) is 30.7 Å². The van der Waals surface area contributed by atoms with Crippen LogP contribution in [0.25, 0.3) is 0 Å². The lowest BCUT2D eigenvalue weighted by atomic mass is 10.2. The van der Waals surface area contributed by atoms with E-state index in [-0.39, 0.29) is 0 Å². The second kappa shape index (κ2) is 8.23. The Hall–Kier alpha value is -1.29. The van der Waals surface area contributed by atoms with Crippen LogP contribution in [0.15, 0.2) is 40.8 Å². The van der Waals surface area contributed by atoms with Crippen LogP contribution >= 0.6 is 11.6 Å². The molecule has 0 aliphatic carbocycles. The Morgan fingerprint density at radius 2 is 1.76 bits per heavy atom. The van der Waals surface area contributed by atoms with Crippen molar-refractivity contribution in [2.75, 3.05) is 13.6 Å². The number of nitrogens with zero attached hydrogens (tertiary/aromatic N) is 1. The van der Waals surface area contributed by atoms with Gasteiger partial charge in [0.1, 0.15) is 11.5 Å². The number of hydrogen-bond donors (Lipinski definition) is 1. The first-order chi connectivity index (χ1) is 10.2. The number of hydrogen-bond acceptors (Lipinski definition) is 3. The van der Waals surface area contributed by atoms with Crippen molar-refractivity contribution in [1.82, 2.24) is 10.2 Å². The average molecular weight is 307 g/mol. The Bertz CT molecular complexity index is 536. The minimum atomic E-state index is 0.775. The molecule has 1 aromatic heterocycles. The van der Waals surface area contributed by atoms with Gasteiger partial charge >= 0.3 is 0 Å². The van der Waals surface area contributed by atoms with Crippen LogP contribution in [0, 0.1) is 0 Å². The third kappa shape index (κ3) is 5.54. The van der Waals surface area contributed by atoms with Gasteiger partial charge in [0, 0.05) is 11.6 Å². The summed E-state index contributed by atoms with van der Waals surface area (Å²) in [5.41, 5.74) is 1.25. The molecule has 0 unspecified atom stereocenters. The molecule has 0 saturated carbocycles. The minimum Gasteiger partial charge on any atom is -0.463 e. The molecule has 2 aromatic rings. The second-order valence-electron chi connectivity index (χ2n) is 5.34. The SMILES string of the molecule is CCCNCc1ccc(CN(C)Cc2ccc(Cl)cc2)o1. The first kappa shape index (κ1) is 16.1. The maximum absolute atomic E-state index is 5.90. The molecule has 0 aliphatic heterocycles. The number of halogens is 1. The van der Waals surface area contributed by atoms with Crippen LogP contribution in [-0.2, 0) is 19.6 Å². The summed E-state index contributed by atoms with van der Waals surface area (Å²) < 4.78 is 5.83. The molecule has 0 radical (unpaired) electrons. The smallest absolute Gasteiger partial charge is 0.118 e. The van der Waals surface area contributed by atoms with Gasteiger partial charge < -0.3 is 9.73 Å². The topological polar surface area (TPSA) is 28.4 Å². The summed E-state index contributed by atoms with van der Waals surface area (Å²) in [6.07, 6.45) is 1.14. The number of benzene rings is 1. The zero-order valence-electron chi connectivity index (χ0n) is 12.7. The minimum absolute atomic E-state index is 0.775. The molecule has 1 aromatic carbocycles. The van der Waals surface area contributed by atoms with Gasteiger partial charge in [-0.15, -0.1) is 0 Å². The molecule has 0 bridgehead atoms. The standard InChI is InChI=1S/C17H23ClN2O/c1-3-10-19-11-16-8-9-17(21-16)13-20(2)12-14-4-6-15(18)7-5-14/h4-9,19H,3,10-13H2,1-2H3. The fourth-order valence-corrected chi connectivity index (χ4v) is 2.34. The van der Waals surface area contributed by atoms with Crippen molar-refractivity contribution in [3.05, 3.63) is 58.5 Å². The summed E-state index contributed by atoms with van der Waals surface area (Å²) in [6.45, 7) is 5.66. The largest absolute Gasteiger partial charge is 0.463 e. The first-order valence-corrected chi connectivity index (χ1v) is 7.76. The molecule has 2 rings (SSSR count). The fourth-order valence-electron chi connectivity index (χ4n) is 2.21. The maximum Gasteiger partial charge on any atom is 0.118 e. The highest BCUT2D eigenvalue weighted by molar-refractivity contribution is 6.30. The van der Waals surface area contributed by atoms with Crippen molar-refractivity contribution in [2.45, 2.75) is 33.0 Å². The molecule has 1 heterocycles. The van der Waals surface area contributed by atoms with Gasteiger partial charge in [-0.3, -0.25) is 4.90 Å². The van der Waals surface area contributed by atoms with Crippen LogP contribution < -0.4 is 5.32 Å². The van der Waals surface area contributed by atoms with Gasteiger partial charge in [0.2, 0.25) is 0 Å². The zero-order valence-corrected chi connectivity index (χ0v) is 13.5. The van der Waals surface area contributed by atoms with Gasteiger partial charge in [-0.05, 0) is 49.8 Å². The van der Waals surface area contributed by atoms with E-state index in [4.69, 9.17) is 16.0 Å². The maximum atomic E-state index is 5.90. The summed E-state index contributed by atoms with van der Waals surface area (Å²) in [4.78, 5) is 2.23. The monoisotopic (exact) mass is 306 g/mol. The summed E-state index contributed by atoms with van der Waals surface area (Å²) in [5, 5.41) is 4.12. The molecule has 0 spiro atoms. The fraction of sp³-hybridized carbons (Fsp3) is 0.412. The molecule has 3 nitrogen and oxygen atoms in total. The third-order valence-electron chi connectivity index (χ3n) is 3.23. The van der Waals surface area contributed by atoms with Crippen LogP contribution in [0.5, 0.6) is 0 Å². The van der Waals surface area contributed by atoms with Crippen molar-refractivity contribution in [3.8, 4) is 0 Å². The van der Waals surface area contributed by atoms with E-state index in [1.54, 1.807) is 0 Å². The Balaban J connectivity index is 1.82. The highest BCUT2D eigenvalue weighted by atomic mass is 35.5. The molecular weight excluding hydrogens is 284 g/mol. The highest BCUT2D eigenvalue weighted by Crippen LogP contribution is 2.14. The van der Waals surface area contributed by atoms with Crippen molar-refractivity contribution >= 4 is 11.6 Å². The highest BCUT2D eigenvalue weighted by Gasteiger charge is 2.06. The summed E-state index contributed by atoms with van der Waals surface area (Å²) in [7, 11) is 2.09. The molecule has 0 saturated heterocycles. The van der Waals surface area contributed by atoms with Crippen LogP contribution in [0.1, 0.15) is 30.4 Å². The summed E-state index contributed by atoms with van der Waals surface area (Å²) in [6, 6.07) is 12.1. The van der Waals surface area contributed by atoms with Crippen LogP contribution in [0.2, 0.25) is 5.02 Å². The van der Waals surface area contributed by atoms with Crippen LogP contribution in [0.4, 0.5) is 0 Å². The quantitative estimate of drug-likeness (QED) is 0.745. The molecule has 0 fully saturated rings. The Morgan fingerprint density at radius 3 is 2.48 bits per heavy atom. The lowest BCUT2D eigenvalue weighted by Gasteiger charge is -2.15. The van der Waals surface area contributed by atoms with Crippen molar-refractivity contribution in [2.24, 2.45) is 0 Å². The van der Waals surface area contributed by atoms with Gasteiger partial charge in [-0.2, -0.15) is 0 Å². The summed E-state index contributed by atoms with van der Waals surface area (Å²) in [5.74, 6) is 2.00. The van der Waals surface area contributed by atoms with Gasteiger partial charge in [-0.25, -0.2) is 0 Å². The zero-order chi connectivity index (χ0) is 15.1.